The molecule has 2 aromatic carbocycles. The standard InChI is InChI=1S/C27H26N4O2S/c1-16-7-10-20(11-8-16)25-29-26(33-30-25)23-19(4)31(15-22-6-5-13-32-22)27(34)28-24(23)21-12-9-17(2)18(3)14-21/h5-14,24H,15H2,1-4H3,(H,28,34). The largest absolute Gasteiger partial charge is 0.467 e. The number of furan rings is 1. The number of nitrogens with zero attached hydrogens (tertiary/aromatic N) is 3. The second-order valence-electron chi connectivity index (χ2n) is 8.68. The van der Waals surface area contributed by atoms with Gasteiger partial charge in [-0.1, -0.05) is 53.2 Å². The monoisotopic (exact) mass is 470 g/mol. The Labute approximate surface area is 204 Å². The minimum atomic E-state index is -0.217. The summed E-state index contributed by atoms with van der Waals surface area (Å²) < 4.78 is 11.4. The van der Waals surface area contributed by atoms with Crippen molar-refractivity contribution in [1.29, 1.82) is 0 Å². The third-order valence-corrected chi connectivity index (χ3v) is 6.66. The Morgan fingerprint density at radius 2 is 1.79 bits per heavy atom. The molecule has 3 heterocycles. The predicted molar refractivity (Wildman–Crippen MR) is 136 cm³/mol. The minimum absolute atomic E-state index is 0.217. The van der Waals surface area contributed by atoms with E-state index in [0.29, 0.717) is 23.4 Å². The van der Waals surface area contributed by atoms with Crippen LogP contribution in [0.15, 0.2) is 75.5 Å². The molecule has 1 unspecified atom stereocenters. The highest BCUT2D eigenvalue weighted by atomic mass is 32.1. The molecular weight excluding hydrogens is 444 g/mol. The van der Waals surface area contributed by atoms with Crippen molar-refractivity contribution in [2.75, 3.05) is 0 Å². The number of rotatable bonds is 5. The van der Waals surface area contributed by atoms with Crippen molar-refractivity contribution in [3.8, 4) is 11.4 Å². The highest BCUT2D eigenvalue weighted by Crippen LogP contribution is 2.38. The smallest absolute Gasteiger partial charge is 0.258 e. The number of hydrogen-bond donors (Lipinski definition) is 1. The molecule has 0 aliphatic carbocycles. The molecule has 0 bridgehead atoms. The first-order valence-corrected chi connectivity index (χ1v) is 11.6. The van der Waals surface area contributed by atoms with Gasteiger partial charge >= 0.3 is 0 Å². The van der Waals surface area contributed by atoms with E-state index in [-0.39, 0.29) is 6.04 Å². The van der Waals surface area contributed by atoms with E-state index in [0.717, 1.165) is 28.2 Å². The molecule has 1 aliphatic rings. The molecule has 2 aromatic heterocycles. The Morgan fingerprint density at radius 1 is 1.00 bits per heavy atom. The third kappa shape index (κ3) is 4.15. The molecule has 0 fully saturated rings. The van der Waals surface area contributed by atoms with Crippen LogP contribution in [0.4, 0.5) is 0 Å². The quantitative estimate of drug-likeness (QED) is 0.353. The van der Waals surface area contributed by atoms with E-state index in [1.54, 1.807) is 6.26 Å². The maximum Gasteiger partial charge on any atom is 0.258 e. The lowest BCUT2D eigenvalue weighted by atomic mass is 9.92. The van der Waals surface area contributed by atoms with Gasteiger partial charge in [-0.05, 0) is 68.7 Å². The topological polar surface area (TPSA) is 67.3 Å². The first-order valence-electron chi connectivity index (χ1n) is 11.2. The third-order valence-electron chi connectivity index (χ3n) is 6.32. The van der Waals surface area contributed by atoms with Crippen LogP contribution in [0.2, 0.25) is 0 Å². The molecule has 0 spiro atoms. The van der Waals surface area contributed by atoms with Gasteiger partial charge in [0.2, 0.25) is 5.82 Å². The fraction of sp³-hybridized carbons (Fsp3) is 0.222. The SMILES string of the molecule is CC1=C(c2nc(-c3ccc(C)cc3)no2)C(c2ccc(C)c(C)c2)NC(=S)N1Cc1ccco1. The Kier molecular flexibility index (Phi) is 5.79. The summed E-state index contributed by atoms with van der Waals surface area (Å²) in [6.07, 6.45) is 1.67. The normalized spacial score (nSPS) is 16.2. The Balaban J connectivity index is 1.61. The Morgan fingerprint density at radius 3 is 2.50 bits per heavy atom. The molecule has 5 rings (SSSR count). The summed E-state index contributed by atoms with van der Waals surface area (Å²) in [5, 5.41) is 8.42. The van der Waals surface area contributed by atoms with E-state index in [9.17, 15) is 0 Å². The number of aryl methyl sites for hydroxylation is 3. The number of nitrogens with one attached hydrogen (secondary N) is 1. The van der Waals surface area contributed by atoms with Crippen molar-refractivity contribution >= 4 is 22.9 Å². The molecule has 34 heavy (non-hydrogen) atoms. The van der Waals surface area contributed by atoms with Crippen LogP contribution in [0.25, 0.3) is 17.0 Å². The lowest BCUT2D eigenvalue weighted by molar-refractivity contribution is 0.382. The zero-order valence-electron chi connectivity index (χ0n) is 19.6. The molecule has 4 aromatic rings. The molecule has 1 aliphatic heterocycles. The van der Waals surface area contributed by atoms with E-state index in [4.69, 9.17) is 26.1 Å². The van der Waals surface area contributed by atoms with Crippen LogP contribution in [0, 0.1) is 20.8 Å². The van der Waals surface area contributed by atoms with Gasteiger partial charge in [0.05, 0.1) is 24.4 Å². The van der Waals surface area contributed by atoms with Crippen LogP contribution in [0.3, 0.4) is 0 Å². The highest BCUT2D eigenvalue weighted by Gasteiger charge is 2.34. The Hall–Kier alpha value is -3.71. The second kappa shape index (κ2) is 8.91. The van der Waals surface area contributed by atoms with E-state index in [1.807, 2.05) is 48.2 Å². The van der Waals surface area contributed by atoms with Crippen molar-refractivity contribution in [3.63, 3.8) is 0 Å². The van der Waals surface area contributed by atoms with Gasteiger partial charge in [-0.2, -0.15) is 4.98 Å². The van der Waals surface area contributed by atoms with Crippen LogP contribution in [0.5, 0.6) is 0 Å². The first kappa shape index (κ1) is 22.1. The van der Waals surface area contributed by atoms with Gasteiger partial charge in [-0.15, -0.1) is 0 Å². The lowest BCUT2D eigenvalue weighted by Crippen LogP contribution is -2.45. The van der Waals surface area contributed by atoms with Crippen LogP contribution in [-0.2, 0) is 6.54 Å². The van der Waals surface area contributed by atoms with E-state index < -0.39 is 0 Å². The van der Waals surface area contributed by atoms with Crippen molar-refractivity contribution in [3.05, 3.63) is 100 Å². The number of thiocarbonyl (C=S) groups is 1. The number of allylic oxidation sites excluding steroid dienone is 1. The van der Waals surface area contributed by atoms with Gasteiger partial charge < -0.3 is 19.2 Å². The second-order valence-corrected chi connectivity index (χ2v) is 9.07. The molecule has 6 nitrogen and oxygen atoms in total. The zero-order valence-corrected chi connectivity index (χ0v) is 20.4. The van der Waals surface area contributed by atoms with Crippen molar-refractivity contribution in [2.24, 2.45) is 0 Å². The van der Waals surface area contributed by atoms with Gasteiger partial charge in [0.1, 0.15) is 5.76 Å². The fourth-order valence-electron chi connectivity index (χ4n) is 4.15. The molecule has 1 N–H and O–H groups in total. The average Bonchev–Trinajstić information content (AvgIpc) is 3.51. The van der Waals surface area contributed by atoms with Gasteiger partial charge in [-0.25, -0.2) is 0 Å². The summed E-state index contributed by atoms with van der Waals surface area (Å²) in [5.41, 5.74) is 7.48. The zero-order chi connectivity index (χ0) is 23.8. The molecular formula is C27H26N4O2S. The van der Waals surface area contributed by atoms with Crippen molar-refractivity contribution in [2.45, 2.75) is 40.3 Å². The fourth-order valence-corrected chi connectivity index (χ4v) is 4.47. The molecule has 0 saturated heterocycles. The average molecular weight is 471 g/mol. The summed E-state index contributed by atoms with van der Waals surface area (Å²) in [6.45, 7) is 8.82. The van der Waals surface area contributed by atoms with Crippen molar-refractivity contribution in [1.82, 2.24) is 20.4 Å². The summed E-state index contributed by atoms with van der Waals surface area (Å²) >= 11 is 5.78. The molecule has 7 heteroatoms. The summed E-state index contributed by atoms with van der Waals surface area (Å²) in [4.78, 5) is 6.80. The highest BCUT2D eigenvalue weighted by molar-refractivity contribution is 7.80. The van der Waals surface area contributed by atoms with Gasteiger partial charge in [-0.3, -0.25) is 0 Å². The van der Waals surface area contributed by atoms with Crippen LogP contribution >= 0.6 is 12.2 Å². The predicted octanol–water partition coefficient (Wildman–Crippen LogP) is 6.12. The molecule has 172 valence electrons. The number of hydrogen-bond acceptors (Lipinski definition) is 5. The van der Waals surface area contributed by atoms with Crippen LogP contribution in [-0.4, -0.2) is 20.2 Å². The lowest BCUT2D eigenvalue weighted by Gasteiger charge is -2.37. The molecule has 0 radical (unpaired) electrons. The summed E-state index contributed by atoms with van der Waals surface area (Å²) in [5.74, 6) is 1.84. The van der Waals surface area contributed by atoms with Crippen LogP contribution < -0.4 is 5.32 Å². The molecule has 1 atom stereocenters. The first-order chi connectivity index (χ1) is 16.4. The number of aromatic nitrogens is 2. The van der Waals surface area contributed by atoms with Crippen molar-refractivity contribution < 1.29 is 8.94 Å². The van der Waals surface area contributed by atoms with Crippen LogP contribution in [0.1, 0.15) is 46.9 Å². The van der Waals surface area contributed by atoms with E-state index in [2.05, 4.69) is 49.4 Å². The number of benzene rings is 2. The van der Waals surface area contributed by atoms with Gasteiger partial charge in [0, 0.05) is 11.3 Å². The van der Waals surface area contributed by atoms with E-state index >= 15 is 0 Å². The maximum absolute atomic E-state index is 5.83. The van der Waals surface area contributed by atoms with Gasteiger partial charge in [0.25, 0.3) is 5.89 Å². The van der Waals surface area contributed by atoms with E-state index in [1.165, 1.54) is 16.7 Å². The Bertz CT molecular complexity index is 1370. The minimum Gasteiger partial charge on any atom is -0.467 e. The maximum atomic E-state index is 5.83. The molecule has 0 amide bonds. The summed E-state index contributed by atoms with van der Waals surface area (Å²) in [7, 11) is 0. The molecule has 0 saturated carbocycles. The summed E-state index contributed by atoms with van der Waals surface area (Å²) in [6, 6.07) is 18.1. The van der Waals surface area contributed by atoms with Gasteiger partial charge in [0.15, 0.2) is 5.11 Å².